The van der Waals surface area contributed by atoms with Crippen LogP contribution < -0.4 is 0 Å². The van der Waals surface area contributed by atoms with Gasteiger partial charge in [0, 0.05) is 22.2 Å². The molecule has 0 aromatic heterocycles. The van der Waals surface area contributed by atoms with Gasteiger partial charge in [-0.15, -0.1) is 0 Å². The van der Waals surface area contributed by atoms with Crippen molar-refractivity contribution in [3.63, 3.8) is 0 Å². The van der Waals surface area contributed by atoms with Crippen molar-refractivity contribution < 1.29 is 17.6 Å². The highest BCUT2D eigenvalue weighted by Gasteiger charge is 2.40. The zero-order valence-electron chi connectivity index (χ0n) is 17.9. The third-order valence-corrected chi connectivity index (χ3v) is 9.52. The molecule has 0 N–H and O–H groups in total. The molecule has 0 saturated heterocycles. The lowest BCUT2D eigenvalue weighted by Crippen LogP contribution is -2.17. The quantitative estimate of drug-likeness (QED) is 0.238. The van der Waals surface area contributed by atoms with Crippen molar-refractivity contribution in [1.29, 1.82) is 0 Å². The SMILES string of the molecule is Fc1ccc(S(Cc2ccccc2)(Cc2ccccc2)Cc2ccccc2)c(C(F)(F)F)c1. The summed E-state index contributed by atoms with van der Waals surface area (Å²) >= 11 is 0. The first-order valence-corrected chi connectivity index (χ1v) is 12.7. The van der Waals surface area contributed by atoms with E-state index in [0.717, 1.165) is 22.8 Å². The largest absolute Gasteiger partial charge is 0.417 e. The van der Waals surface area contributed by atoms with E-state index in [-0.39, 0.29) is 4.90 Å². The van der Waals surface area contributed by atoms with Gasteiger partial charge in [0.05, 0.1) is 5.56 Å². The van der Waals surface area contributed by atoms with Crippen LogP contribution in [0.5, 0.6) is 0 Å². The van der Waals surface area contributed by atoms with Gasteiger partial charge in [-0.2, -0.15) is 13.2 Å². The Morgan fingerprint density at radius 3 is 1.30 bits per heavy atom. The van der Waals surface area contributed by atoms with Gasteiger partial charge in [-0.1, -0.05) is 91.0 Å². The van der Waals surface area contributed by atoms with Crippen LogP contribution in [0.15, 0.2) is 114 Å². The van der Waals surface area contributed by atoms with E-state index in [1.165, 1.54) is 6.07 Å². The molecule has 0 bridgehead atoms. The Morgan fingerprint density at radius 2 is 0.939 bits per heavy atom. The summed E-state index contributed by atoms with van der Waals surface area (Å²) in [6, 6.07) is 32.0. The summed E-state index contributed by atoms with van der Waals surface area (Å²) in [5, 5.41) is 0. The Labute approximate surface area is 193 Å². The molecular weight excluding hydrogens is 444 g/mol. The zero-order chi connectivity index (χ0) is 23.3. The van der Waals surface area contributed by atoms with Crippen LogP contribution in [0.25, 0.3) is 0 Å². The number of halogens is 4. The molecule has 0 aliphatic carbocycles. The predicted molar refractivity (Wildman–Crippen MR) is 128 cm³/mol. The van der Waals surface area contributed by atoms with E-state index in [0.29, 0.717) is 23.3 Å². The smallest absolute Gasteiger partial charge is 0.207 e. The fourth-order valence-electron chi connectivity index (χ4n) is 4.17. The van der Waals surface area contributed by atoms with Crippen molar-refractivity contribution in [3.8, 4) is 0 Å². The fraction of sp³-hybridized carbons (Fsp3) is 0.143. The van der Waals surface area contributed by atoms with Gasteiger partial charge in [-0.3, -0.25) is 0 Å². The molecule has 170 valence electrons. The lowest BCUT2D eigenvalue weighted by atomic mass is 10.2. The van der Waals surface area contributed by atoms with E-state index in [1.807, 2.05) is 91.0 Å². The maximum Gasteiger partial charge on any atom is 0.417 e. The Hall–Kier alpha value is -3.05. The Morgan fingerprint density at radius 1 is 0.545 bits per heavy atom. The minimum Gasteiger partial charge on any atom is -0.207 e. The second-order valence-electron chi connectivity index (χ2n) is 8.07. The second kappa shape index (κ2) is 9.84. The van der Waals surface area contributed by atoms with Gasteiger partial charge >= 0.3 is 6.18 Å². The number of rotatable bonds is 7. The first-order valence-electron chi connectivity index (χ1n) is 10.6. The molecule has 0 amide bonds. The lowest BCUT2D eigenvalue weighted by molar-refractivity contribution is -0.140. The number of hydrogen-bond acceptors (Lipinski definition) is 0. The van der Waals surface area contributed by atoms with Gasteiger partial charge in [0.15, 0.2) is 0 Å². The first-order chi connectivity index (χ1) is 15.9. The molecule has 0 atom stereocenters. The molecule has 0 saturated carbocycles. The van der Waals surface area contributed by atoms with Crippen molar-refractivity contribution in [2.24, 2.45) is 0 Å². The van der Waals surface area contributed by atoms with Gasteiger partial charge in [-0.05, 0) is 34.9 Å². The molecule has 0 radical (unpaired) electrons. The summed E-state index contributed by atoms with van der Waals surface area (Å²) in [5.74, 6) is 0.517. The third kappa shape index (κ3) is 5.66. The molecule has 0 aliphatic rings. The Bertz CT molecular complexity index is 1070. The maximum absolute atomic E-state index is 14.2. The molecule has 4 aromatic carbocycles. The van der Waals surface area contributed by atoms with E-state index in [1.54, 1.807) is 0 Å². The minimum absolute atomic E-state index is 0.202. The molecule has 33 heavy (non-hydrogen) atoms. The molecule has 4 rings (SSSR count). The second-order valence-corrected chi connectivity index (χ2v) is 11.5. The summed E-state index contributed by atoms with van der Waals surface area (Å²) in [6.45, 7) is 0. The summed E-state index contributed by atoms with van der Waals surface area (Å²) in [5.41, 5.74) is 2.03. The molecule has 5 heteroatoms. The normalized spacial score (nSPS) is 12.5. The molecule has 0 spiro atoms. The fourth-order valence-corrected chi connectivity index (χ4v) is 8.43. The van der Waals surface area contributed by atoms with Crippen molar-refractivity contribution >= 4 is 10.0 Å². The van der Waals surface area contributed by atoms with Crippen LogP contribution in [0.2, 0.25) is 0 Å². The van der Waals surface area contributed by atoms with Gasteiger partial charge in [0.25, 0.3) is 0 Å². The van der Waals surface area contributed by atoms with Crippen LogP contribution in [0.4, 0.5) is 17.6 Å². The number of alkyl halides is 3. The van der Waals surface area contributed by atoms with Gasteiger partial charge in [0.1, 0.15) is 5.82 Å². The molecule has 0 unspecified atom stereocenters. The molecule has 0 fully saturated rings. The maximum atomic E-state index is 14.2. The van der Waals surface area contributed by atoms with E-state index in [2.05, 4.69) is 0 Å². The van der Waals surface area contributed by atoms with Gasteiger partial charge in [-0.25, -0.2) is 14.4 Å². The Kier molecular flexibility index (Phi) is 6.89. The van der Waals surface area contributed by atoms with Crippen LogP contribution in [0.3, 0.4) is 0 Å². The first kappa shape index (κ1) is 23.1. The number of benzene rings is 4. The van der Waals surface area contributed by atoms with E-state index in [9.17, 15) is 17.6 Å². The van der Waals surface area contributed by atoms with E-state index in [4.69, 9.17) is 0 Å². The summed E-state index contributed by atoms with van der Waals surface area (Å²) in [4.78, 5) is 0.202. The molecule has 0 nitrogen and oxygen atoms in total. The monoisotopic (exact) mass is 468 g/mol. The van der Waals surface area contributed by atoms with Crippen LogP contribution in [-0.4, -0.2) is 0 Å². The lowest BCUT2D eigenvalue weighted by Gasteiger charge is -2.43. The zero-order valence-corrected chi connectivity index (χ0v) is 18.8. The van der Waals surface area contributed by atoms with Crippen LogP contribution in [-0.2, 0) is 23.4 Å². The summed E-state index contributed by atoms with van der Waals surface area (Å²) in [7, 11) is -2.15. The van der Waals surface area contributed by atoms with Gasteiger partial charge in [0.2, 0.25) is 0 Å². The molecule has 0 aliphatic heterocycles. The third-order valence-electron chi connectivity index (χ3n) is 5.57. The summed E-state index contributed by atoms with van der Waals surface area (Å²) in [6.07, 6.45) is -4.65. The van der Waals surface area contributed by atoms with E-state index >= 15 is 0 Å². The predicted octanol–water partition coefficient (Wildman–Crippen LogP) is 8.61. The minimum atomic E-state index is -4.65. The van der Waals surface area contributed by atoms with Crippen molar-refractivity contribution in [2.75, 3.05) is 0 Å². The topological polar surface area (TPSA) is 0 Å². The van der Waals surface area contributed by atoms with Gasteiger partial charge < -0.3 is 0 Å². The van der Waals surface area contributed by atoms with Crippen LogP contribution in [0, 0.1) is 5.82 Å². The number of hydrogen-bond donors (Lipinski definition) is 0. The molecule has 0 heterocycles. The van der Waals surface area contributed by atoms with Crippen LogP contribution >= 0.6 is 10.0 Å². The summed E-state index contributed by atoms with van der Waals surface area (Å²) < 4.78 is 56.7. The van der Waals surface area contributed by atoms with Crippen molar-refractivity contribution in [3.05, 3.63) is 137 Å². The molecule has 4 aromatic rings. The standard InChI is InChI=1S/C28H24F4S/c29-25-16-17-27(26(18-25)28(30,31)32)33(19-22-10-4-1-5-11-22,20-23-12-6-2-7-13-23)21-24-14-8-3-9-15-24/h1-18H,19-21H2. The van der Waals surface area contributed by atoms with Crippen LogP contribution in [0.1, 0.15) is 22.3 Å². The average molecular weight is 469 g/mol. The average Bonchev–Trinajstić information content (AvgIpc) is 2.80. The van der Waals surface area contributed by atoms with E-state index < -0.39 is 27.6 Å². The molecular formula is C28H24F4S. The highest BCUT2D eigenvalue weighted by Crippen LogP contribution is 2.65. The Balaban J connectivity index is 1.96. The van der Waals surface area contributed by atoms with Crippen molar-refractivity contribution in [2.45, 2.75) is 28.3 Å². The highest BCUT2D eigenvalue weighted by molar-refractivity contribution is 8.31. The highest BCUT2D eigenvalue weighted by atomic mass is 32.3. The van der Waals surface area contributed by atoms with Crippen molar-refractivity contribution in [1.82, 2.24) is 0 Å².